The summed E-state index contributed by atoms with van der Waals surface area (Å²) in [5.41, 5.74) is 1.73. The average Bonchev–Trinajstić information content (AvgIpc) is 2.72. The summed E-state index contributed by atoms with van der Waals surface area (Å²) in [4.78, 5) is 22.9. The van der Waals surface area contributed by atoms with Gasteiger partial charge in [0, 0.05) is 49.5 Å². The highest BCUT2D eigenvalue weighted by Gasteiger charge is 2.17. The van der Waals surface area contributed by atoms with Crippen LogP contribution in [-0.2, 0) is 25.1 Å². The Bertz CT molecular complexity index is 1040. The third-order valence-corrected chi connectivity index (χ3v) is 5.22. The van der Waals surface area contributed by atoms with Crippen LogP contribution in [0.15, 0.2) is 30.3 Å². The molecule has 2 aromatic rings. The van der Waals surface area contributed by atoms with Crippen LogP contribution in [-0.4, -0.2) is 56.9 Å². The van der Waals surface area contributed by atoms with E-state index in [2.05, 4.69) is 15.3 Å². The number of nitriles is 1. The van der Waals surface area contributed by atoms with E-state index in [1.807, 2.05) is 11.0 Å². The Morgan fingerprint density at radius 3 is 2.57 bits per heavy atom. The van der Waals surface area contributed by atoms with Crippen LogP contribution in [0.5, 0.6) is 0 Å². The van der Waals surface area contributed by atoms with Crippen LogP contribution < -0.4 is 10.2 Å². The fourth-order valence-electron chi connectivity index (χ4n) is 3.00. The number of nitrogens with zero attached hydrogens (tertiary/aromatic N) is 4. The number of carbonyl (C=O) groups excluding carboxylic acids is 1. The standard InChI is InChI=1S/C20H23N5O4S/c1-30(27,28)14-17-13-18(25-9-11-29-12-10-25)24-20(23-17)15-4-6-16(7-5-15)22-19(26)3-2-8-21/h4-7,13H,2-3,9-12,14H2,1H3,(H,22,26). The SMILES string of the molecule is CS(=O)(=O)Cc1cc(N2CCOCC2)nc(-c2ccc(NC(=O)CCC#N)cc2)n1. The van der Waals surface area contributed by atoms with Gasteiger partial charge < -0.3 is 15.0 Å². The van der Waals surface area contributed by atoms with Crippen LogP contribution in [0.2, 0.25) is 0 Å². The van der Waals surface area contributed by atoms with Crippen LogP contribution in [0.25, 0.3) is 11.4 Å². The Morgan fingerprint density at radius 1 is 1.23 bits per heavy atom. The van der Waals surface area contributed by atoms with E-state index in [1.165, 1.54) is 6.26 Å². The van der Waals surface area contributed by atoms with E-state index in [-0.39, 0.29) is 24.5 Å². The molecule has 0 radical (unpaired) electrons. The van der Waals surface area contributed by atoms with Crippen molar-refractivity contribution >= 4 is 27.2 Å². The Kier molecular flexibility index (Phi) is 6.97. The van der Waals surface area contributed by atoms with Crippen molar-refractivity contribution in [2.45, 2.75) is 18.6 Å². The highest BCUT2D eigenvalue weighted by atomic mass is 32.2. The van der Waals surface area contributed by atoms with Gasteiger partial charge in [0.1, 0.15) is 5.82 Å². The molecule has 1 aromatic carbocycles. The zero-order valence-electron chi connectivity index (χ0n) is 16.7. The summed E-state index contributed by atoms with van der Waals surface area (Å²) in [5, 5.41) is 11.3. The predicted molar refractivity (Wildman–Crippen MR) is 113 cm³/mol. The number of hydrogen-bond acceptors (Lipinski definition) is 8. The van der Waals surface area contributed by atoms with E-state index in [4.69, 9.17) is 10.00 Å². The van der Waals surface area contributed by atoms with Gasteiger partial charge >= 0.3 is 0 Å². The second kappa shape index (κ2) is 9.65. The average molecular weight is 430 g/mol. The molecule has 0 bridgehead atoms. The summed E-state index contributed by atoms with van der Waals surface area (Å²) in [7, 11) is -3.26. The van der Waals surface area contributed by atoms with Gasteiger partial charge in [-0.2, -0.15) is 5.26 Å². The number of amides is 1. The van der Waals surface area contributed by atoms with Crippen LogP contribution in [0.1, 0.15) is 18.5 Å². The molecule has 9 nitrogen and oxygen atoms in total. The van der Waals surface area contributed by atoms with Crippen molar-refractivity contribution < 1.29 is 17.9 Å². The summed E-state index contributed by atoms with van der Waals surface area (Å²) < 4.78 is 29.0. The maximum Gasteiger partial charge on any atom is 0.225 e. The number of morpholine rings is 1. The van der Waals surface area contributed by atoms with Crippen molar-refractivity contribution in [2.75, 3.05) is 42.8 Å². The lowest BCUT2D eigenvalue weighted by atomic mass is 10.2. The normalized spacial score (nSPS) is 14.2. The maximum atomic E-state index is 11.8. The molecule has 30 heavy (non-hydrogen) atoms. The summed E-state index contributed by atoms with van der Waals surface area (Å²) in [5.74, 6) is 0.675. The molecule has 1 saturated heterocycles. The minimum Gasteiger partial charge on any atom is -0.378 e. The molecule has 158 valence electrons. The summed E-state index contributed by atoms with van der Waals surface area (Å²) in [6.07, 6.45) is 1.47. The molecule has 1 aromatic heterocycles. The zero-order valence-corrected chi connectivity index (χ0v) is 17.5. The van der Waals surface area contributed by atoms with Gasteiger partial charge in [0.15, 0.2) is 15.7 Å². The van der Waals surface area contributed by atoms with E-state index < -0.39 is 9.84 Å². The quantitative estimate of drug-likeness (QED) is 0.706. The molecule has 0 spiro atoms. The highest BCUT2D eigenvalue weighted by molar-refractivity contribution is 7.89. The first-order valence-corrected chi connectivity index (χ1v) is 11.6. The van der Waals surface area contributed by atoms with Crippen molar-refractivity contribution in [3.63, 3.8) is 0 Å². The van der Waals surface area contributed by atoms with E-state index in [1.54, 1.807) is 30.3 Å². The van der Waals surface area contributed by atoms with E-state index in [9.17, 15) is 13.2 Å². The highest BCUT2D eigenvalue weighted by Crippen LogP contribution is 2.23. The van der Waals surface area contributed by atoms with Crippen molar-refractivity contribution in [2.24, 2.45) is 0 Å². The molecule has 2 heterocycles. The van der Waals surface area contributed by atoms with Crippen LogP contribution in [0.3, 0.4) is 0 Å². The molecule has 3 rings (SSSR count). The number of rotatable bonds is 7. The molecule has 0 atom stereocenters. The van der Waals surface area contributed by atoms with E-state index in [0.29, 0.717) is 54.9 Å². The first-order valence-electron chi connectivity index (χ1n) is 9.50. The van der Waals surface area contributed by atoms with E-state index >= 15 is 0 Å². The predicted octanol–water partition coefficient (Wildman–Crippen LogP) is 1.77. The molecular formula is C20H23N5O4S. The first kappa shape index (κ1) is 21.7. The van der Waals surface area contributed by atoms with E-state index in [0.717, 1.165) is 0 Å². The summed E-state index contributed by atoms with van der Waals surface area (Å²) in [6.45, 7) is 2.51. The lowest BCUT2D eigenvalue weighted by Crippen LogP contribution is -2.37. The van der Waals surface area contributed by atoms with Gasteiger partial charge in [-0.3, -0.25) is 4.79 Å². The third kappa shape index (κ3) is 6.23. The molecule has 1 N–H and O–H groups in total. The second-order valence-corrected chi connectivity index (χ2v) is 9.13. The van der Waals surface area contributed by atoms with Crippen molar-refractivity contribution in [1.82, 2.24) is 9.97 Å². The maximum absolute atomic E-state index is 11.8. The fraction of sp³-hybridized carbons (Fsp3) is 0.400. The zero-order chi connectivity index (χ0) is 21.6. The number of ether oxygens (including phenoxy) is 1. The van der Waals surface area contributed by atoms with Gasteiger partial charge in [-0.25, -0.2) is 18.4 Å². The molecule has 1 fully saturated rings. The third-order valence-electron chi connectivity index (χ3n) is 4.40. The molecular weight excluding hydrogens is 406 g/mol. The molecule has 0 saturated carbocycles. The number of benzene rings is 1. The number of aromatic nitrogens is 2. The summed E-state index contributed by atoms with van der Waals surface area (Å²) >= 11 is 0. The van der Waals surface area contributed by atoms with Gasteiger partial charge in [-0.1, -0.05) is 0 Å². The van der Waals surface area contributed by atoms with Crippen molar-refractivity contribution in [1.29, 1.82) is 5.26 Å². The molecule has 0 unspecified atom stereocenters. The smallest absolute Gasteiger partial charge is 0.225 e. The minimum atomic E-state index is -3.26. The number of nitrogens with one attached hydrogen (secondary N) is 1. The second-order valence-electron chi connectivity index (χ2n) is 6.99. The fourth-order valence-corrected chi connectivity index (χ4v) is 3.69. The Labute approximate surface area is 175 Å². The number of carbonyl (C=O) groups is 1. The largest absolute Gasteiger partial charge is 0.378 e. The van der Waals surface area contributed by atoms with Gasteiger partial charge in [0.25, 0.3) is 0 Å². The monoisotopic (exact) mass is 429 g/mol. The number of hydrogen-bond donors (Lipinski definition) is 1. The topological polar surface area (TPSA) is 125 Å². The molecule has 1 aliphatic heterocycles. The van der Waals surface area contributed by atoms with Gasteiger partial charge in [-0.05, 0) is 24.3 Å². The lowest BCUT2D eigenvalue weighted by Gasteiger charge is -2.28. The molecule has 10 heteroatoms. The minimum absolute atomic E-state index is 0.137. The molecule has 0 aliphatic carbocycles. The van der Waals surface area contributed by atoms with Crippen molar-refractivity contribution in [3.8, 4) is 17.5 Å². The van der Waals surface area contributed by atoms with Gasteiger partial charge in [0.2, 0.25) is 5.91 Å². The Hall–Kier alpha value is -3.03. The van der Waals surface area contributed by atoms with Crippen LogP contribution in [0.4, 0.5) is 11.5 Å². The number of anilines is 2. The molecule has 1 amide bonds. The lowest BCUT2D eigenvalue weighted by molar-refractivity contribution is -0.116. The Balaban J connectivity index is 1.87. The Morgan fingerprint density at radius 2 is 1.93 bits per heavy atom. The van der Waals surface area contributed by atoms with Gasteiger partial charge in [-0.15, -0.1) is 0 Å². The van der Waals surface area contributed by atoms with Crippen LogP contribution >= 0.6 is 0 Å². The first-order chi connectivity index (χ1) is 14.3. The van der Waals surface area contributed by atoms with Gasteiger partial charge in [0.05, 0.1) is 30.7 Å². The van der Waals surface area contributed by atoms with Crippen molar-refractivity contribution in [3.05, 3.63) is 36.0 Å². The number of sulfone groups is 1. The molecule has 1 aliphatic rings. The van der Waals surface area contributed by atoms with Crippen LogP contribution in [0, 0.1) is 11.3 Å². The summed E-state index contributed by atoms with van der Waals surface area (Å²) in [6, 6.07) is 10.6.